The second kappa shape index (κ2) is 9.24. The number of aliphatic hydroxyl groups excluding tert-OH is 2. The molecule has 12 nitrogen and oxygen atoms in total. The maximum Gasteiger partial charge on any atom is 0.269 e. The summed E-state index contributed by atoms with van der Waals surface area (Å²) in [5, 5.41) is 42.7. The van der Waals surface area contributed by atoms with Gasteiger partial charge in [0.15, 0.2) is 12.6 Å². The Balaban J connectivity index is 1.58. The lowest BCUT2D eigenvalue weighted by molar-refractivity contribution is -0.385. The van der Waals surface area contributed by atoms with Gasteiger partial charge in [0.05, 0.1) is 23.1 Å². The van der Waals surface area contributed by atoms with Crippen LogP contribution in [-0.2, 0) is 18.9 Å². The molecule has 2 heterocycles. The Bertz CT molecular complexity index is 1000. The number of nitro benzene ring substituents is 2. The minimum atomic E-state index is -1.18. The zero-order valence-corrected chi connectivity index (χ0v) is 16.6. The van der Waals surface area contributed by atoms with Crippen molar-refractivity contribution in [1.29, 1.82) is 0 Å². The van der Waals surface area contributed by atoms with Gasteiger partial charge in [-0.1, -0.05) is 24.3 Å². The first-order valence-corrected chi connectivity index (χ1v) is 9.73. The maximum absolute atomic E-state index is 11.1. The number of hydrogen-bond acceptors (Lipinski definition) is 10. The molecule has 2 aromatic rings. The van der Waals surface area contributed by atoms with Crippen LogP contribution in [0.1, 0.15) is 23.7 Å². The van der Waals surface area contributed by atoms with Gasteiger partial charge in [0.1, 0.15) is 24.4 Å². The van der Waals surface area contributed by atoms with Crippen molar-refractivity contribution in [3.05, 3.63) is 79.9 Å². The molecule has 12 heteroatoms. The summed E-state index contributed by atoms with van der Waals surface area (Å²) in [4.78, 5) is 21.0. The fraction of sp³-hybridized carbons (Fsp3) is 0.400. The third-order valence-electron chi connectivity index (χ3n) is 5.23. The molecule has 170 valence electrons. The van der Waals surface area contributed by atoms with Crippen LogP contribution in [0.15, 0.2) is 48.5 Å². The zero-order chi connectivity index (χ0) is 22.8. The molecule has 2 unspecified atom stereocenters. The Kier molecular flexibility index (Phi) is 6.41. The van der Waals surface area contributed by atoms with E-state index in [2.05, 4.69) is 0 Å². The van der Waals surface area contributed by atoms with E-state index in [1.807, 2.05) is 0 Å². The van der Waals surface area contributed by atoms with Crippen molar-refractivity contribution in [2.75, 3.05) is 13.2 Å². The summed E-state index contributed by atoms with van der Waals surface area (Å²) >= 11 is 0. The van der Waals surface area contributed by atoms with Crippen molar-refractivity contribution in [2.24, 2.45) is 0 Å². The number of nitro groups is 2. The molecule has 4 rings (SSSR count). The fourth-order valence-corrected chi connectivity index (χ4v) is 3.69. The highest BCUT2D eigenvalue weighted by atomic mass is 16.8. The highest BCUT2D eigenvalue weighted by molar-refractivity contribution is 5.36. The van der Waals surface area contributed by atoms with E-state index < -0.39 is 53.4 Å². The molecule has 0 amide bonds. The van der Waals surface area contributed by atoms with Crippen molar-refractivity contribution >= 4 is 11.4 Å². The number of nitrogens with zero attached hydrogens (tertiary/aromatic N) is 2. The first kappa shape index (κ1) is 22.2. The number of non-ortho nitro benzene ring substituents is 2. The van der Waals surface area contributed by atoms with Gasteiger partial charge in [-0.05, 0) is 0 Å². The maximum atomic E-state index is 11.1. The molecule has 0 spiro atoms. The summed E-state index contributed by atoms with van der Waals surface area (Å²) in [6.45, 7) is -0.759. The van der Waals surface area contributed by atoms with Gasteiger partial charge in [-0.3, -0.25) is 20.2 Å². The summed E-state index contributed by atoms with van der Waals surface area (Å²) < 4.78 is 23.2. The molecular weight excluding hydrogens is 428 g/mol. The molecule has 0 aliphatic carbocycles. The van der Waals surface area contributed by atoms with Gasteiger partial charge in [0.2, 0.25) is 0 Å². The highest BCUT2D eigenvalue weighted by Crippen LogP contribution is 2.39. The van der Waals surface area contributed by atoms with E-state index in [9.17, 15) is 30.4 Å². The average molecular weight is 448 g/mol. The smallest absolute Gasteiger partial charge is 0.269 e. The molecule has 6 atom stereocenters. The lowest BCUT2D eigenvalue weighted by Gasteiger charge is -2.34. The van der Waals surface area contributed by atoms with E-state index in [1.165, 1.54) is 36.4 Å². The normalized spacial score (nSPS) is 30.2. The van der Waals surface area contributed by atoms with Gasteiger partial charge in [0, 0.05) is 35.4 Å². The number of rotatable bonds is 5. The number of ether oxygens (including phenoxy) is 4. The molecule has 2 aliphatic rings. The van der Waals surface area contributed by atoms with Crippen LogP contribution < -0.4 is 0 Å². The third kappa shape index (κ3) is 4.46. The van der Waals surface area contributed by atoms with Gasteiger partial charge in [-0.25, -0.2) is 0 Å². The Morgan fingerprint density at radius 3 is 2.00 bits per heavy atom. The molecule has 2 fully saturated rings. The van der Waals surface area contributed by atoms with Gasteiger partial charge in [-0.2, -0.15) is 0 Å². The van der Waals surface area contributed by atoms with Crippen LogP contribution in [0.5, 0.6) is 0 Å². The van der Waals surface area contributed by atoms with Crippen LogP contribution in [-0.4, -0.2) is 57.7 Å². The summed E-state index contributed by atoms with van der Waals surface area (Å²) in [6.07, 6.45) is -6.20. The molecule has 32 heavy (non-hydrogen) atoms. The Labute approximate surface area is 181 Å². The fourth-order valence-electron chi connectivity index (χ4n) is 3.69. The van der Waals surface area contributed by atoms with Crippen LogP contribution in [0, 0.1) is 20.2 Å². The Morgan fingerprint density at radius 2 is 1.44 bits per heavy atom. The SMILES string of the molecule is O=[N+]([O-])c1cccc(C2O[C@@H]3[C@@H](O2)[C@H](CO)OC(c2cccc([N+](=O)[O-])c2)OC[C@H]3O)c1. The monoisotopic (exact) mass is 448 g/mol. The van der Waals surface area contributed by atoms with Crippen molar-refractivity contribution in [3.63, 3.8) is 0 Å². The van der Waals surface area contributed by atoms with Gasteiger partial charge >= 0.3 is 0 Å². The first-order valence-electron chi connectivity index (χ1n) is 9.73. The minimum Gasteiger partial charge on any atom is -0.394 e. The number of aliphatic hydroxyl groups is 2. The molecule has 0 bridgehead atoms. The van der Waals surface area contributed by atoms with Crippen molar-refractivity contribution < 1.29 is 39.0 Å². The van der Waals surface area contributed by atoms with Crippen molar-refractivity contribution in [3.8, 4) is 0 Å². The second-order valence-electron chi connectivity index (χ2n) is 7.33. The van der Waals surface area contributed by atoms with Crippen LogP contribution in [0.4, 0.5) is 11.4 Å². The van der Waals surface area contributed by atoms with E-state index in [1.54, 1.807) is 12.1 Å². The van der Waals surface area contributed by atoms with Crippen molar-refractivity contribution in [2.45, 2.75) is 37.0 Å². The predicted octanol–water partition coefficient (Wildman–Crippen LogP) is 1.75. The Morgan fingerprint density at radius 1 is 0.875 bits per heavy atom. The minimum absolute atomic E-state index is 0.149. The second-order valence-corrected chi connectivity index (χ2v) is 7.33. The van der Waals surface area contributed by atoms with Crippen LogP contribution >= 0.6 is 0 Å². The van der Waals surface area contributed by atoms with Gasteiger partial charge in [-0.15, -0.1) is 0 Å². The molecule has 2 saturated heterocycles. The van der Waals surface area contributed by atoms with E-state index in [-0.39, 0.29) is 18.0 Å². The molecular formula is C20H20N2O10. The quantitative estimate of drug-likeness (QED) is 0.509. The predicted molar refractivity (Wildman–Crippen MR) is 105 cm³/mol. The van der Waals surface area contributed by atoms with Crippen LogP contribution in [0.25, 0.3) is 0 Å². The molecule has 0 radical (unpaired) electrons. The lowest BCUT2D eigenvalue weighted by atomic mass is 10.0. The highest BCUT2D eigenvalue weighted by Gasteiger charge is 2.48. The molecule has 2 aromatic carbocycles. The van der Waals surface area contributed by atoms with E-state index in [4.69, 9.17) is 18.9 Å². The standard InChI is InChI=1S/C20H20N2O10/c23-9-16-18-17(31-20(32-18)12-4-2-6-14(8-12)22(27)28)15(24)10-29-19(30-16)11-3-1-5-13(7-11)21(25)26/h1-8,15-20,23-24H,9-10H2/t15-,16+,17+,18+,19?,20?/m1/s1. The molecule has 0 saturated carbocycles. The summed E-state index contributed by atoms with van der Waals surface area (Å²) in [7, 11) is 0. The summed E-state index contributed by atoms with van der Waals surface area (Å²) in [5.41, 5.74) is 0.383. The average Bonchev–Trinajstić information content (AvgIpc) is 3.23. The molecule has 0 aromatic heterocycles. The third-order valence-corrected chi connectivity index (χ3v) is 5.23. The summed E-state index contributed by atoms with van der Waals surface area (Å²) in [5.74, 6) is 0. The van der Waals surface area contributed by atoms with E-state index in [0.29, 0.717) is 11.1 Å². The number of fused-ring (bicyclic) bond motifs is 1. The van der Waals surface area contributed by atoms with Gasteiger partial charge < -0.3 is 29.2 Å². The molecule has 2 aliphatic heterocycles. The number of hydrogen-bond donors (Lipinski definition) is 2. The molecule has 2 N–H and O–H groups in total. The summed E-state index contributed by atoms with van der Waals surface area (Å²) in [6, 6.07) is 11.3. The lowest BCUT2D eigenvalue weighted by Crippen LogP contribution is -2.49. The largest absolute Gasteiger partial charge is 0.394 e. The van der Waals surface area contributed by atoms with Gasteiger partial charge in [0.25, 0.3) is 11.4 Å². The topological polar surface area (TPSA) is 164 Å². The first-order chi connectivity index (χ1) is 15.4. The zero-order valence-electron chi connectivity index (χ0n) is 16.6. The number of benzene rings is 2. The van der Waals surface area contributed by atoms with E-state index >= 15 is 0 Å². The van der Waals surface area contributed by atoms with E-state index in [0.717, 1.165) is 0 Å². The van der Waals surface area contributed by atoms with Crippen molar-refractivity contribution in [1.82, 2.24) is 0 Å². The Hall–Kier alpha value is -3.00. The van der Waals surface area contributed by atoms with Crippen LogP contribution in [0.2, 0.25) is 0 Å². The van der Waals surface area contributed by atoms with Crippen LogP contribution in [0.3, 0.4) is 0 Å².